The van der Waals surface area contributed by atoms with Gasteiger partial charge in [-0.25, -0.2) is 4.79 Å². The van der Waals surface area contributed by atoms with E-state index in [0.29, 0.717) is 13.2 Å². The van der Waals surface area contributed by atoms with Gasteiger partial charge in [-0.1, -0.05) is 0 Å². The van der Waals surface area contributed by atoms with Gasteiger partial charge < -0.3 is 14.8 Å². The summed E-state index contributed by atoms with van der Waals surface area (Å²) >= 11 is 0. The van der Waals surface area contributed by atoms with Gasteiger partial charge in [0, 0.05) is 31.8 Å². The Kier molecular flexibility index (Phi) is 5.21. The van der Waals surface area contributed by atoms with Gasteiger partial charge in [0.1, 0.15) is 6.61 Å². The van der Waals surface area contributed by atoms with Crippen molar-refractivity contribution in [3.8, 4) is 0 Å². The summed E-state index contributed by atoms with van der Waals surface area (Å²) in [5.41, 5.74) is 0.163. The van der Waals surface area contributed by atoms with Gasteiger partial charge in [0.15, 0.2) is 0 Å². The predicted octanol–water partition coefficient (Wildman–Crippen LogP) is 1.23. The van der Waals surface area contributed by atoms with Crippen LogP contribution in [-0.2, 0) is 9.47 Å². The van der Waals surface area contributed by atoms with Crippen LogP contribution in [0.2, 0.25) is 0 Å². The normalized spacial score (nSPS) is 21.5. The fraction of sp³-hybridized carbons (Fsp3) is 0.917. The minimum atomic E-state index is -0.345. The number of nitrogens with zero attached hydrogens (tertiary/aromatic N) is 1. The van der Waals surface area contributed by atoms with Crippen molar-refractivity contribution < 1.29 is 14.3 Å². The van der Waals surface area contributed by atoms with Gasteiger partial charge in [-0.3, -0.25) is 4.90 Å². The summed E-state index contributed by atoms with van der Waals surface area (Å²) in [5.74, 6) is 0. The van der Waals surface area contributed by atoms with Crippen LogP contribution in [0.3, 0.4) is 0 Å². The largest absolute Gasteiger partial charge is 0.447 e. The Morgan fingerprint density at radius 3 is 2.65 bits per heavy atom. The van der Waals surface area contributed by atoms with Crippen molar-refractivity contribution in [1.29, 1.82) is 0 Å². The van der Waals surface area contributed by atoms with E-state index in [1.165, 1.54) is 0 Å². The van der Waals surface area contributed by atoms with Crippen molar-refractivity contribution in [1.82, 2.24) is 10.2 Å². The van der Waals surface area contributed by atoms with E-state index in [9.17, 15) is 4.79 Å². The van der Waals surface area contributed by atoms with Gasteiger partial charge in [-0.05, 0) is 27.2 Å². The lowest BCUT2D eigenvalue weighted by molar-refractivity contribution is 0.0958. The molecule has 5 nitrogen and oxygen atoms in total. The van der Waals surface area contributed by atoms with Crippen molar-refractivity contribution >= 4 is 6.09 Å². The van der Waals surface area contributed by atoms with Gasteiger partial charge in [-0.15, -0.1) is 0 Å². The maximum absolute atomic E-state index is 11.4. The number of amides is 1. The van der Waals surface area contributed by atoms with E-state index in [1.54, 1.807) is 7.11 Å². The number of methoxy groups -OCH3 is 1. The number of ether oxygens (including phenoxy) is 2. The van der Waals surface area contributed by atoms with Gasteiger partial charge in [-0.2, -0.15) is 0 Å². The lowest BCUT2D eigenvalue weighted by atomic mass is 10.1. The van der Waals surface area contributed by atoms with E-state index < -0.39 is 0 Å². The van der Waals surface area contributed by atoms with E-state index >= 15 is 0 Å². The lowest BCUT2D eigenvalue weighted by Gasteiger charge is -2.31. The fourth-order valence-corrected chi connectivity index (χ4v) is 1.91. The van der Waals surface area contributed by atoms with Gasteiger partial charge in [0.2, 0.25) is 0 Å². The van der Waals surface area contributed by atoms with E-state index in [1.807, 2.05) is 0 Å². The first kappa shape index (κ1) is 14.3. The SMILES string of the molecule is COCCOC(=O)N[C@H]1CCN(C(C)(C)C)C1. The standard InChI is InChI=1S/C12H24N2O3/c1-12(2,3)14-6-5-10(9-14)13-11(15)17-8-7-16-4/h10H,5-9H2,1-4H3,(H,13,15)/t10-/m0/s1. The van der Waals surface area contributed by atoms with Crippen LogP contribution >= 0.6 is 0 Å². The van der Waals surface area contributed by atoms with Crippen LogP contribution in [-0.4, -0.2) is 56.0 Å². The minimum Gasteiger partial charge on any atom is -0.447 e. The summed E-state index contributed by atoms with van der Waals surface area (Å²) in [5, 5.41) is 2.88. The van der Waals surface area contributed by atoms with E-state index in [4.69, 9.17) is 9.47 Å². The summed E-state index contributed by atoms with van der Waals surface area (Å²) in [6.45, 7) is 9.21. The Morgan fingerprint density at radius 2 is 2.12 bits per heavy atom. The molecular weight excluding hydrogens is 220 g/mol. The Balaban J connectivity index is 2.23. The monoisotopic (exact) mass is 244 g/mol. The zero-order valence-corrected chi connectivity index (χ0v) is 11.3. The van der Waals surface area contributed by atoms with Crippen LogP contribution in [0.15, 0.2) is 0 Å². The molecule has 1 aliphatic heterocycles. The highest BCUT2D eigenvalue weighted by molar-refractivity contribution is 5.67. The number of likely N-dealkylation sites (tertiary alicyclic amines) is 1. The van der Waals surface area contributed by atoms with E-state index in [0.717, 1.165) is 19.5 Å². The molecule has 5 heteroatoms. The second kappa shape index (κ2) is 6.21. The second-order valence-corrected chi connectivity index (χ2v) is 5.38. The smallest absolute Gasteiger partial charge is 0.407 e. The molecule has 1 amide bonds. The van der Waals surface area contributed by atoms with E-state index in [2.05, 4.69) is 31.0 Å². The van der Waals surface area contributed by atoms with E-state index in [-0.39, 0.29) is 17.7 Å². The van der Waals surface area contributed by atoms with Crippen LogP contribution in [0.25, 0.3) is 0 Å². The third kappa shape index (κ3) is 4.91. The molecule has 0 aliphatic carbocycles. The molecule has 17 heavy (non-hydrogen) atoms. The molecule has 1 N–H and O–H groups in total. The first-order chi connectivity index (χ1) is 7.93. The third-order valence-corrected chi connectivity index (χ3v) is 2.98. The van der Waals surface area contributed by atoms with Gasteiger partial charge >= 0.3 is 6.09 Å². The van der Waals surface area contributed by atoms with Crippen LogP contribution in [0.1, 0.15) is 27.2 Å². The fourth-order valence-electron chi connectivity index (χ4n) is 1.91. The van der Waals surface area contributed by atoms with Crippen molar-refractivity contribution in [3.05, 3.63) is 0 Å². The Labute approximate surface area is 103 Å². The molecule has 1 aliphatic rings. The summed E-state index contributed by atoms with van der Waals surface area (Å²) in [4.78, 5) is 13.8. The summed E-state index contributed by atoms with van der Waals surface area (Å²) in [7, 11) is 1.58. The number of hydrogen-bond donors (Lipinski definition) is 1. The average molecular weight is 244 g/mol. The Hall–Kier alpha value is -0.810. The zero-order chi connectivity index (χ0) is 12.9. The first-order valence-corrected chi connectivity index (χ1v) is 6.11. The molecule has 1 heterocycles. The Morgan fingerprint density at radius 1 is 1.41 bits per heavy atom. The average Bonchev–Trinajstić information content (AvgIpc) is 2.66. The molecule has 0 spiro atoms. The van der Waals surface area contributed by atoms with Crippen molar-refractivity contribution in [3.63, 3.8) is 0 Å². The molecule has 1 saturated heterocycles. The molecule has 0 radical (unpaired) electrons. The quantitative estimate of drug-likeness (QED) is 0.756. The number of hydrogen-bond acceptors (Lipinski definition) is 4. The third-order valence-electron chi connectivity index (χ3n) is 2.98. The van der Waals surface area contributed by atoms with Crippen molar-refractivity contribution in [2.24, 2.45) is 0 Å². The molecule has 1 rings (SSSR count). The van der Waals surface area contributed by atoms with Gasteiger partial charge in [0.05, 0.1) is 6.61 Å². The van der Waals surface area contributed by atoms with Gasteiger partial charge in [0.25, 0.3) is 0 Å². The topological polar surface area (TPSA) is 50.8 Å². The number of nitrogens with one attached hydrogen (secondary N) is 1. The molecule has 0 saturated carbocycles. The first-order valence-electron chi connectivity index (χ1n) is 6.11. The Bertz CT molecular complexity index is 251. The highest BCUT2D eigenvalue weighted by atomic mass is 16.6. The maximum Gasteiger partial charge on any atom is 0.407 e. The summed E-state index contributed by atoms with van der Waals surface area (Å²) in [6.07, 6.45) is 0.638. The molecule has 100 valence electrons. The molecule has 1 atom stereocenters. The molecule has 0 unspecified atom stereocenters. The summed E-state index contributed by atoms with van der Waals surface area (Å²) in [6, 6.07) is 0.198. The molecular formula is C12H24N2O3. The molecule has 0 aromatic rings. The van der Waals surface area contributed by atoms with Crippen LogP contribution < -0.4 is 5.32 Å². The molecule has 0 bridgehead atoms. The molecule has 0 aromatic heterocycles. The van der Waals surface area contributed by atoms with Crippen molar-refractivity contribution in [2.75, 3.05) is 33.4 Å². The predicted molar refractivity (Wildman–Crippen MR) is 66.1 cm³/mol. The lowest BCUT2D eigenvalue weighted by Crippen LogP contribution is -2.43. The van der Waals surface area contributed by atoms with Crippen LogP contribution in [0, 0.1) is 0 Å². The second-order valence-electron chi connectivity index (χ2n) is 5.38. The number of rotatable bonds is 4. The molecule has 1 fully saturated rings. The highest BCUT2D eigenvalue weighted by Gasteiger charge is 2.30. The zero-order valence-electron chi connectivity index (χ0n) is 11.3. The maximum atomic E-state index is 11.4. The highest BCUT2D eigenvalue weighted by Crippen LogP contribution is 2.20. The summed E-state index contributed by atoms with van der Waals surface area (Å²) < 4.78 is 9.78. The van der Waals surface area contributed by atoms with Crippen LogP contribution in [0.5, 0.6) is 0 Å². The number of carbonyl (C=O) groups excluding carboxylic acids is 1. The molecule has 0 aromatic carbocycles. The van der Waals surface area contributed by atoms with Crippen LogP contribution in [0.4, 0.5) is 4.79 Å². The number of alkyl carbamates (subject to hydrolysis) is 1. The van der Waals surface area contributed by atoms with Crippen molar-refractivity contribution in [2.45, 2.75) is 38.8 Å². The number of carbonyl (C=O) groups is 1. The minimum absolute atomic E-state index is 0.163.